The summed E-state index contributed by atoms with van der Waals surface area (Å²) in [4.78, 5) is 59.7. The van der Waals surface area contributed by atoms with Crippen LogP contribution >= 0.6 is 0 Å². The smallest absolute Gasteiger partial charge is 0.322 e. The van der Waals surface area contributed by atoms with Gasteiger partial charge >= 0.3 is 5.97 Å². The molecule has 0 aromatic carbocycles. The third kappa shape index (κ3) is 6.78. The summed E-state index contributed by atoms with van der Waals surface area (Å²) in [5, 5.41) is 23.2. The number of aliphatic carboxylic acids is 1. The maximum absolute atomic E-state index is 12.8. The van der Waals surface area contributed by atoms with Crippen molar-refractivity contribution in [3.63, 3.8) is 0 Å². The van der Waals surface area contributed by atoms with E-state index in [1.807, 2.05) is 0 Å². The molecule has 12 heteroatoms. The standard InChI is InChI=1S/C16H27N5O7/c1-8(22)13(20-14(26)9(17)4-5-11(18)23)16(28)21-6-2-3-10(21)15(27)19-7-12(24)25/h8-10,13,22H,2-7,17H2,1H3,(H2,18,23)(H,19,27)(H,20,26)(H,24,25). The maximum Gasteiger partial charge on any atom is 0.322 e. The van der Waals surface area contributed by atoms with E-state index in [0.717, 1.165) is 0 Å². The van der Waals surface area contributed by atoms with Gasteiger partial charge in [-0.15, -0.1) is 0 Å². The van der Waals surface area contributed by atoms with Gasteiger partial charge in [0.2, 0.25) is 23.6 Å². The van der Waals surface area contributed by atoms with Gasteiger partial charge in [0, 0.05) is 13.0 Å². The average molecular weight is 401 g/mol. The Morgan fingerprint density at radius 3 is 2.43 bits per heavy atom. The lowest BCUT2D eigenvalue weighted by atomic mass is 10.1. The van der Waals surface area contributed by atoms with Crippen molar-refractivity contribution >= 4 is 29.6 Å². The zero-order valence-corrected chi connectivity index (χ0v) is 15.6. The molecular formula is C16H27N5O7. The topological polar surface area (TPSA) is 205 Å². The van der Waals surface area contributed by atoms with E-state index in [9.17, 15) is 29.1 Å². The summed E-state index contributed by atoms with van der Waals surface area (Å²) in [5.41, 5.74) is 10.7. The van der Waals surface area contributed by atoms with E-state index >= 15 is 0 Å². The van der Waals surface area contributed by atoms with Crippen LogP contribution in [0.4, 0.5) is 0 Å². The summed E-state index contributed by atoms with van der Waals surface area (Å²) >= 11 is 0. The van der Waals surface area contributed by atoms with Crippen LogP contribution in [0.25, 0.3) is 0 Å². The highest BCUT2D eigenvalue weighted by atomic mass is 16.4. The van der Waals surface area contributed by atoms with Crippen LogP contribution in [0.2, 0.25) is 0 Å². The number of likely N-dealkylation sites (tertiary alicyclic amines) is 1. The van der Waals surface area contributed by atoms with E-state index in [0.29, 0.717) is 12.8 Å². The number of carbonyl (C=O) groups is 5. The molecule has 1 saturated heterocycles. The Morgan fingerprint density at radius 2 is 1.89 bits per heavy atom. The lowest BCUT2D eigenvalue weighted by molar-refractivity contribution is -0.144. The molecule has 4 unspecified atom stereocenters. The van der Waals surface area contributed by atoms with Crippen molar-refractivity contribution in [3.8, 4) is 0 Å². The van der Waals surface area contributed by atoms with E-state index in [2.05, 4.69) is 10.6 Å². The molecule has 0 saturated carbocycles. The summed E-state index contributed by atoms with van der Waals surface area (Å²) in [5.74, 6) is -3.89. The third-order valence-electron chi connectivity index (χ3n) is 4.34. The Labute approximate surface area is 161 Å². The van der Waals surface area contributed by atoms with Gasteiger partial charge < -0.3 is 37.2 Å². The summed E-state index contributed by atoms with van der Waals surface area (Å²) in [7, 11) is 0. The first-order valence-corrected chi connectivity index (χ1v) is 8.87. The van der Waals surface area contributed by atoms with E-state index in [4.69, 9.17) is 16.6 Å². The van der Waals surface area contributed by atoms with Crippen molar-refractivity contribution in [2.75, 3.05) is 13.1 Å². The Morgan fingerprint density at radius 1 is 1.25 bits per heavy atom. The first kappa shape index (κ1) is 23.3. The second-order valence-corrected chi connectivity index (χ2v) is 6.64. The zero-order chi connectivity index (χ0) is 21.4. The minimum atomic E-state index is -1.35. The maximum atomic E-state index is 12.8. The summed E-state index contributed by atoms with van der Waals surface area (Å²) in [6, 6.07) is -3.34. The first-order valence-electron chi connectivity index (χ1n) is 8.87. The number of hydrogen-bond donors (Lipinski definition) is 6. The second-order valence-electron chi connectivity index (χ2n) is 6.64. The van der Waals surface area contributed by atoms with Gasteiger partial charge in [0.15, 0.2) is 0 Å². The molecule has 1 fully saturated rings. The van der Waals surface area contributed by atoms with Crippen LogP contribution in [0.5, 0.6) is 0 Å². The van der Waals surface area contributed by atoms with Gasteiger partial charge in [-0.05, 0) is 26.2 Å². The van der Waals surface area contributed by atoms with Crippen molar-refractivity contribution in [1.29, 1.82) is 0 Å². The second kappa shape index (κ2) is 10.6. The van der Waals surface area contributed by atoms with Gasteiger partial charge in [-0.3, -0.25) is 24.0 Å². The van der Waals surface area contributed by atoms with E-state index in [1.54, 1.807) is 0 Å². The van der Waals surface area contributed by atoms with Gasteiger partial charge in [0.25, 0.3) is 0 Å². The Kier molecular flexibility index (Phi) is 8.79. The van der Waals surface area contributed by atoms with E-state index in [-0.39, 0.29) is 19.4 Å². The highest BCUT2D eigenvalue weighted by Gasteiger charge is 2.39. The van der Waals surface area contributed by atoms with Crippen LogP contribution in [-0.4, -0.2) is 82.0 Å². The van der Waals surface area contributed by atoms with Crippen molar-refractivity contribution in [1.82, 2.24) is 15.5 Å². The molecule has 1 aliphatic heterocycles. The molecule has 0 radical (unpaired) electrons. The van der Waals surface area contributed by atoms with Crippen molar-refractivity contribution in [3.05, 3.63) is 0 Å². The molecule has 12 nitrogen and oxygen atoms in total. The largest absolute Gasteiger partial charge is 0.480 e. The molecule has 0 aromatic heterocycles. The lowest BCUT2D eigenvalue weighted by Gasteiger charge is -2.30. The fourth-order valence-corrected chi connectivity index (χ4v) is 2.84. The minimum absolute atomic E-state index is 0.0220. The Balaban J connectivity index is 2.79. The number of carboxylic acid groups (broad SMARTS) is 1. The van der Waals surface area contributed by atoms with E-state index < -0.39 is 60.4 Å². The third-order valence-corrected chi connectivity index (χ3v) is 4.34. The number of aliphatic hydroxyl groups is 1. The highest BCUT2D eigenvalue weighted by Crippen LogP contribution is 2.19. The molecule has 1 heterocycles. The number of nitrogens with two attached hydrogens (primary N) is 2. The predicted octanol–water partition coefficient (Wildman–Crippen LogP) is -3.36. The van der Waals surface area contributed by atoms with Gasteiger partial charge in [0.1, 0.15) is 18.6 Å². The van der Waals surface area contributed by atoms with Gasteiger partial charge in [-0.1, -0.05) is 0 Å². The number of nitrogens with zero attached hydrogens (tertiary/aromatic N) is 1. The molecule has 158 valence electrons. The SMILES string of the molecule is CC(O)C(NC(=O)C(N)CCC(N)=O)C(=O)N1CCCC1C(=O)NCC(=O)O. The number of carbonyl (C=O) groups excluding carboxylic acids is 4. The fraction of sp³-hybridized carbons (Fsp3) is 0.688. The van der Waals surface area contributed by atoms with Crippen LogP contribution in [0.3, 0.4) is 0 Å². The first-order chi connectivity index (χ1) is 13.0. The van der Waals surface area contributed by atoms with Crippen LogP contribution in [-0.2, 0) is 24.0 Å². The van der Waals surface area contributed by atoms with Gasteiger partial charge in [-0.2, -0.15) is 0 Å². The molecular weight excluding hydrogens is 374 g/mol. The fourth-order valence-electron chi connectivity index (χ4n) is 2.84. The molecule has 0 bridgehead atoms. The van der Waals surface area contributed by atoms with Crippen LogP contribution in [0, 0.1) is 0 Å². The van der Waals surface area contributed by atoms with Crippen molar-refractivity contribution in [2.24, 2.45) is 11.5 Å². The summed E-state index contributed by atoms with van der Waals surface area (Å²) < 4.78 is 0. The number of aliphatic hydroxyl groups excluding tert-OH is 1. The van der Waals surface area contributed by atoms with E-state index in [1.165, 1.54) is 11.8 Å². The Bertz CT molecular complexity index is 625. The van der Waals surface area contributed by atoms with Crippen LogP contribution in [0.1, 0.15) is 32.6 Å². The molecule has 1 aliphatic rings. The number of primary amides is 1. The number of amides is 4. The lowest BCUT2D eigenvalue weighted by Crippen LogP contribution is -2.59. The molecule has 1 rings (SSSR count). The molecule has 8 N–H and O–H groups in total. The number of carboxylic acids is 1. The predicted molar refractivity (Wildman–Crippen MR) is 95.4 cm³/mol. The van der Waals surface area contributed by atoms with Crippen molar-refractivity contribution in [2.45, 2.75) is 56.8 Å². The molecule has 28 heavy (non-hydrogen) atoms. The van der Waals surface area contributed by atoms with Crippen molar-refractivity contribution < 1.29 is 34.2 Å². The molecule has 0 aliphatic carbocycles. The Hall–Kier alpha value is -2.73. The molecule has 4 amide bonds. The molecule has 4 atom stereocenters. The monoisotopic (exact) mass is 401 g/mol. The van der Waals surface area contributed by atoms with Crippen LogP contribution in [0.15, 0.2) is 0 Å². The van der Waals surface area contributed by atoms with Gasteiger partial charge in [-0.25, -0.2) is 0 Å². The summed E-state index contributed by atoms with van der Waals surface area (Å²) in [6.45, 7) is 0.937. The normalized spacial score (nSPS) is 19.4. The quantitative estimate of drug-likeness (QED) is 0.217. The van der Waals surface area contributed by atoms with Crippen LogP contribution < -0.4 is 22.1 Å². The number of nitrogens with one attached hydrogen (secondary N) is 2. The molecule has 0 spiro atoms. The number of rotatable bonds is 10. The molecule has 0 aromatic rings. The average Bonchev–Trinajstić information content (AvgIpc) is 3.10. The highest BCUT2D eigenvalue weighted by molar-refractivity contribution is 5.94. The summed E-state index contributed by atoms with van der Waals surface area (Å²) in [6.07, 6.45) is -0.570. The number of hydrogen-bond acceptors (Lipinski definition) is 7. The zero-order valence-electron chi connectivity index (χ0n) is 15.6. The van der Waals surface area contributed by atoms with Gasteiger partial charge in [0.05, 0.1) is 12.1 Å². The minimum Gasteiger partial charge on any atom is -0.480 e.